The second kappa shape index (κ2) is 7.68. The molecule has 1 saturated carbocycles. The quantitative estimate of drug-likeness (QED) is 0.762. The normalized spacial score (nSPS) is 27.3. The molecule has 27 heavy (non-hydrogen) atoms. The molecule has 3 rings (SSSR count). The number of benzene rings is 1. The number of hydrogen-bond acceptors (Lipinski definition) is 5. The number of aliphatic hydroxyl groups is 1. The molecule has 2 aliphatic rings. The van der Waals surface area contributed by atoms with Crippen LogP contribution in [0.2, 0.25) is 0 Å². The van der Waals surface area contributed by atoms with Crippen molar-refractivity contribution < 1.29 is 19.4 Å². The Morgan fingerprint density at radius 1 is 1.37 bits per heavy atom. The van der Waals surface area contributed by atoms with E-state index < -0.39 is 17.6 Å². The van der Waals surface area contributed by atoms with Crippen molar-refractivity contribution in [3.8, 4) is 11.5 Å². The Morgan fingerprint density at radius 2 is 2.07 bits per heavy atom. The zero-order valence-electron chi connectivity index (χ0n) is 16.8. The number of hydrogen-bond donors (Lipinski definition) is 2. The predicted molar refractivity (Wildman–Crippen MR) is 104 cm³/mol. The van der Waals surface area contributed by atoms with E-state index in [-0.39, 0.29) is 11.8 Å². The van der Waals surface area contributed by atoms with E-state index >= 15 is 0 Å². The van der Waals surface area contributed by atoms with Crippen molar-refractivity contribution in [3.05, 3.63) is 23.8 Å². The number of nitrogens with zero attached hydrogens (tertiary/aromatic N) is 1. The van der Waals surface area contributed by atoms with Gasteiger partial charge in [-0.25, -0.2) is 0 Å². The van der Waals surface area contributed by atoms with Crippen LogP contribution in [0.3, 0.4) is 0 Å². The topological polar surface area (TPSA) is 85.0 Å². The second-order valence-electron chi connectivity index (χ2n) is 8.41. The summed E-state index contributed by atoms with van der Waals surface area (Å²) in [6, 6.07) is 5.38. The van der Waals surface area contributed by atoms with Crippen LogP contribution in [0.1, 0.15) is 45.1 Å². The molecule has 1 amide bonds. The number of rotatable bonds is 7. The van der Waals surface area contributed by atoms with E-state index in [1.807, 2.05) is 25.1 Å². The number of methoxy groups -OCH3 is 1. The molecule has 6 nitrogen and oxygen atoms in total. The average Bonchev–Trinajstić information content (AvgIpc) is 3.40. The fraction of sp³-hybridized carbons (Fsp3) is 0.667. The van der Waals surface area contributed by atoms with Crippen LogP contribution in [0.25, 0.3) is 0 Å². The van der Waals surface area contributed by atoms with Gasteiger partial charge in [-0.3, -0.25) is 4.79 Å². The van der Waals surface area contributed by atoms with Gasteiger partial charge in [0.2, 0.25) is 5.91 Å². The molecule has 4 atom stereocenters. The number of likely N-dealkylation sites (tertiary alicyclic amines) is 1. The van der Waals surface area contributed by atoms with Gasteiger partial charge in [0.15, 0.2) is 11.5 Å². The third kappa shape index (κ3) is 4.06. The number of aliphatic hydroxyl groups excluding tert-OH is 1. The first-order valence-corrected chi connectivity index (χ1v) is 9.79. The van der Waals surface area contributed by atoms with Gasteiger partial charge in [-0.2, -0.15) is 0 Å². The fourth-order valence-corrected chi connectivity index (χ4v) is 3.90. The zero-order chi connectivity index (χ0) is 19.8. The SMILES string of the molecule is COc1ccc(C2CN(C(=O)[C@@H](C)N)CC2(C)[C@@H](C)O)cc1OCC1CC1. The molecular formula is C21H32N2O4. The third-order valence-electron chi connectivity index (χ3n) is 6.15. The standard InChI is InChI=1S/C21H32N2O4/c1-13(22)20(25)23-10-17(21(3,12-23)14(2)24)16-7-8-18(26-4)19(9-16)27-11-15-5-6-15/h7-9,13-15,17,24H,5-6,10-12,22H2,1-4H3/t13-,14-,17?,21?/m1/s1. The van der Waals surface area contributed by atoms with Crippen molar-refractivity contribution in [2.24, 2.45) is 17.1 Å². The number of carbonyl (C=O) groups excluding carboxylic acids is 1. The molecule has 2 unspecified atom stereocenters. The molecule has 2 fully saturated rings. The molecule has 0 spiro atoms. The van der Waals surface area contributed by atoms with Gasteiger partial charge in [0.25, 0.3) is 0 Å². The maximum absolute atomic E-state index is 12.5. The van der Waals surface area contributed by atoms with Gasteiger partial charge in [0.1, 0.15) is 0 Å². The van der Waals surface area contributed by atoms with E-state index in [4.69, 9.17) is 15.2 Å². The van der Waals surface area contributed by atoms with Crippen LogP contribution in [-0.4, -0.2) is 54.9 Å². The van der Waals surface area contributed by atoms with Gasteiger partial charge in [-0.15, -0.1) is 0 Å². The van der Waals surface area contributed by atoms with Gasteiger partial charge >= 0.3 is 0 Å². The molecule has 1 saturated heterocycles. The van der Waals surface area contributed by atoms with Gasteiger partial charge in [0, 0.05) is 24.4 Å². The van der Waals surface area contributed by atoms with Crippen molar-refractivity contribution in [1.82, 2.24) is 4.90 Å². The summed E-state index contributed by atoms with van der Waals surface area (Å²) in [5, 5.41) is 10.5. The van der Waals surface area contributed by atoms with E-state index in [2.05, 4.69) is 0 Å². The van der Waals surface area contributed by atoms with E-state index in [0.29, 0.717) is 31.4 Å². The third-order valence-corrected chi connectivity index (χ3v) is 6.15. The first-order chi connectivity index (χ1) is 12.8. The lowest BCUT2D eigenvalue weighted by Crippen LogP contribution is -2.43. The second-order valence-corrected chi connectivity index (χ2v) is 8.41. The highest BCUT2D eigenvalue weighted by atomic mass is 16.5. The minimum absolute atomic E-state index is 0.00520. The lowest BCUT2D eigenvalue weighted by atomic mass is 9.72. The highest BCUT2D eigenvalue weighted by Crippen LogP contribution is 2.47. The Bertz CT molecular complexity index is 687. The molecule has 0 bridgehead atoms. The minimum Gasteiger partial charge on any atom is -0.493 e. The molecule has 150 valence electrons. The Balaban J connectivity index is 1.89. The van der Waals surface area contributed by atoms with Gasteiger partial charge in [0.05, 0.1) is 25.9 Å². The summed E-state index contributed by atoms with van der Waals surface area (Å²) in [5.41, 5.74) is 6.40. The smallest absolute Gasteiger partial charge is 0.239 e. The highest BCUT2D eigenvalue weighted by Gasteiger charge is 2.48. The van der Waals surface area contributed by atoms with E-state index in [9.17, 15) is 9.90 Å². The number of carbonyl (C=O) groups is 1. The van der Waals surface area contributed by atoms with Crippen molar-refractivity contribution in [2.45, 2.75) is 51.7 Å². The summed E-state index contributed by atoms with van der Waals surface area (Å²) in [7, 11) is 1.64. The Morgan fingerprint density at radius 3 is 2.63 bits per heavy atom. The molecule has 1 aliphatic heterocycles. The fourth-order valence-electron chi connectivity index (χ4n) is 3.90. The van der Waals surface area contributed by atoms with Crippen LogP contribution in [0.4, 0.5) is 0 Å². The molecule has 3 N–H and O–H groups in total. The summed E-state index contributed by atoms with van der Waals surface area (Å²) in [4.78, 5) is 14.2. The van der Waals surface area contributed by atoms with Crippen molar-refractivity contribution in [1.29, 1.82) is 0 Å². The maximum atomic E-state index is 12.5. The van der Waals surface area contributed by atoms with Crippen LogP contribution in [0.15, 0.2) is 18.2 Å². The van der Waals surface area contributed by atoms with E-state index in [1.165, 1.54) is 12.8 Å². The average molecular weight is 376 g/mol. The van der Waals surface area contributed by atoms with Gasteiger partial charge < -0.3 is 25.2 Å². The zero-order valence-corrected chi connectivity index (χ0v) is 16.8. The lowest BCUT2D eigenvalue weighted by Gasteiger charge is -2.34. The van der Waals surface area contributed by atoms with Crippen LogP contribution in [0, 0.1) is 11.3 Å². The van der Waals surface area contributed by atoms with Crippen molar-refractivity contribution >= 4 is 5.91 Å². The lowest BCUT2D eigenvalue weighted by molar-refractivity contribution is -0.131. The van der Waals surface area contributed by atoms with Crippen LogP contribution in [0.5, 0.6) is 11.5 Å². The highest BCUT2D eigenvalue weighted by molar-refractivity contribution is 5.81. The summed E-state index contributed by atoms with van der Waals surface area (Å²) < 4.78 is 11.5. The van der Waals surface area contributed by atoms with Gasteiger partial charge in [-0.1, -0.05) is 13.0 Å². The number of amides is 1. The Hall–Kier alpha value is -1.79. The first-order valence-electron chi connectivity index (χ1n) is 9.79. The molecule has 1 aliphatic carbocycles. The van der Waals surface area contributed by atoms with E-state index in [1.54, 1.807) is 25.9 Å². The molecule has 6 heteroatoms. The number of nitrogens with two attached hydrogens (primary N) is 1. The molecule has 1 aromatic rings. The van der Waals surface area contributed by atoms with Crippen LogP contribution >= 0.6 is 0 Å². The summed E-state index contributed by atoms with van der Waals surface area (Å²) >= 11 is 0. The Kier molecular flexibility index (Phi) is 5.68. The molecular weight excluding hydrogens is 344 g/mol. The van der Waals surface area contributed by atoms with Gasteiger partial charge in [-0.05, 0) is 50.3 Å². The summed E-state index contributed by atoms with van der Waals surface area (Å²) in [6.07, 6.45) is 1.88. The molecule has 1 aromatic carbocycles. The Labute approximate surface area is 161 Å². The van der Waals surface area contributed by atoms with E-state index in [0.717, 1.165) is 11.3 Å². The maximum Gasteiger partial charge on any atom is 0.239 e. The summed E-state index contributed by atoms with van der Waals surface area (Å²) in [6.45, 7) is 7.25. The molecule has 0 radical (unpaired) electrons. The predicted octanol–water partition coefficient (Wildman–Crippen LogP) is 2.14. The van der Waals surface area contributed by atoms with Crippen LogP contribution in [-0.2, 0) is 4.79 Å². The molecule has 1 heterocycles. The summed E-state index contributed by atoms with van der Waals surface area (Å²) in [5.74, 6) is 2.00. The van der Waals surface area contributed by atoms with Crippen molar-refractivity contribution in [3.63, 3.8) is 0 Å². The largest absolute Gasteiger partial charge is 0.493 e. The number of ether oxygens (including phenoxy) is 2. The minimum atomic E-state index is -0.564. The van der Waals surface area contributed by atoms with Crippen LogP contribution < -0.4 is 15.2 Å². The monoisotopic (exact) mass is 376 g/mol. The van der Waals surface area contributed by atoms with Crippen molar-refractivity contribution in [2.75, 3.05) is 26.8 Å². The first kappa shape index (κ1) is 20.0. The molecule has 0 aromatic heterocycles.